The summed E-state index contributed by atoms with van der Waals surface area (Å²) in [5, 5.41) is 44.6. The lowest BCUT2D eigenvalue weighted by Crippen LogP contribution is -2.05. The highest BCUT2D eigenvalue weighted by Gasteiger charge is 2.13. The van der Waals surface area contributed by atoms with Gasteiger partial charge in [-0.3, -0.25) is 25.6 Å². The highest BCUT2D eigenvalue weighted by molar-refractivity contribution is 5.92. The predicted octanol–water partition coefficient (Wildman–Crippen LogP) is 5.10. The van der Waals surface area contributed by atoms with Gasteiger partial charge in [-0.25, -0.2) is 0 Å². The maximum absolute atomic E-state index is 10.6. The number of nitro groups is 2. The van der Waals surface area contributed by atoms with Crippen LogP contribution in [0.5, 0.6) is 0 Å². The summed E-state index contributed by atoms with van der Waals surface area (Å²) >= 11 is 0. The molecular weight excluding hydrogens is 440 g/mol. The number of nitrogens with one attached hydrogen (secondary N) is 1. The van der Waals surface area contributed by atoms with Gasteiger partial charge in [0.25, 0.3) is 11.4 Å². The Hall–Kier alpha value is -3.55. The summed E-state index contributed by atoms with van der Waals surface area (Å²) < 4.78 is 4.96. The van der Waals surface area contributed by atoms with Crippen molar-refractivity contribution in [3.05, 3.63) is 78.9 Å². The third kappa shape index (κ3) is 11.0. The van der Waals surface area contributed by atoms with Crippen molar-refractivity contribution in [2.75, 3.05) is 13.2 Å². The number of aryl methyl sites for hydroxylation is 2. The van der Waals surface area contributed by atoms with Gasteiger partial charge in [0.1, 0.15) is 0 Å². The van der Waals surface area contributed by atoms with E-state index in [9.17, 15) is 20.2 Å². The highest BCUT2D eigenvalue weighted by atomic mass is 35.5. The molecule has 0 aromatic heterocycles. The van der Waals surface area contributed by atoms with Gasteiger partial charge in [-0.05, 0) is 39.8 Å². The quantitative estimate of drug-likeness (QED) is 0.272. The molecule has 0 aliphatic heterocycles. The van der Waals surface area contributed by atoms with Gasteiger partial charge in [0, 0.05) is 35.4 Å². The average molecular weight is 469 g/mol. The summed E-state index contributed by atoms with van der Waals surface area (Å²) in [6, 6.07) is 10.8. The van der Waals surface area contributed by atoms with Crippen molar-refractivity contribution in [3.63, 3.8) is 0 Å². The second kappa shape index (κ2) is 17.2. The van der Waals surface area contributed by atoms with E-state index in [0.29, 0.717) is 28.9 Å². The van der Waals surface area contributed by atoms with Crippen LogP contribution in [0, 0.1) is 50.8 Å². The van der Waals surface area contributed by atoms with Crippen LogP contribution in [0.1, 0.15) is 43.5 Å². The van der Waals surface area contributed by atoms with Crippen LogP contribution < -0.4 is 0 Å². The molecule has 0 aliphatic carbocycles. The first-order valence-electron chi connectivity index (χ1n) is 8.85. The third-order valence-corrected chi connectivity index (χ3v) is 3.49. The smallest absolute Gasteiger partial charge is 0.273 e. The summed E-state index contributed by atoms with van der Waals surface area (Å²) in [5.41, 5.74) is 1.89. The van der Waals surface area contributed by atoms with Crippen molar-refractivity contribution in [2.45, 2.75) is 35.1 Å². The standard InChI is InChI=1S/C10H12N2O3.C8H6N2O2.C2H6O.CH4.ClH/c1-3-15-10(11)8-5-4-7(2)9(6-8)12(13)14;1-6-2-3-7(5-9)4-8(6)10(11)12;1-2-3;;/h4-6,11H,3H2,1-2H3;2-4H,1H3;3H,2H2,1H3;1H4;1H. The highest BCUT2D eigenvalue weighted by Crippen LogP contribution is 2.20. The van der Waals surface area contributed by atoms with E-state index in [1.807, 2.05) is 6.07 Å². The van der Waals surface area contributed by atoms with Crippen molar-refractivity contribution in [2.24, 2.45) is 0 Å². The maximum atomic E-state index is 10.6. The minimum absolute atomic E-state index is 0. The Bertz CT molecular complexity index is 944. The molecule has 0 atom stereocenters. The number of ether oxygens (including phenoxy) is 1. The number of nitro benzene ring substituents is 2. The zero-order chi connectivity index (χ0) is 23.3. The zero-order valence-electron chi connectivity index (χ0n) is 17.6. The van der Waals surface area contributed by atoms with Crippen LogP contribution in [-0.2, 0) is 4.74 Å². The van der Waals surface area contributed by atoms with Crippen LogP contribution in [0.3, 0.4) is 0 Å². The molecule has 0 spiro atoms. The number of nitrogens with zero attached hydrogens (tertiary/aromatic N) is 3. The summed E-state index contributed by atoms with van der Waals surface area (Å²) in [5.74, 6) is -0.0411. The molecular formula is C21H29ClN4O6. The van der Waals surface area contributed by atoms with Crippen molar-refractivity contribution in [1.29, 1.82) is 10.7 Å². The maximum Gasteiger partial charge on any atom is 0.273 e. The molecule has 32 heavy (non-hydrogen) atoms. The van der Waals surface area contributed by atoms with E-state index in [-0.39, 0.29) is 43.7 Å². The lowest BCUT2D eigenvalue weighted by molar-refractivity contribution is -0.385. The van der Waals surface area contributed by atoms with E-state index in [2.05, 4.69) is 0 Å². The van der Waals surface area contributed by atoms with E-state index in [0.717, 1.165) is 0 Å². The van der Waals surface area contributed by atoms with Crippen molar-refractivity contribution >= 4 is 29.7 Å². The Balaban J connectivity index is -0.000000450. The molecule has 0 aliphatic rings. The monoisotopic (exact) mass is 468 g/mol. The molecule has 2 aromatic carbocycles. The number of nitriles is 1. The molecule has 0 heterocycles. The molecule has 2 aromatic rings. The number of rotatable bonds is 4. The van der Waals surface area contributed by atoms with Crippen molar-refractivity contribution in [3.8, 4) is 6.07 Å². The Morgan fingerprint density at radius 2 is 1.50 bits per heavy atom. The molecule has 0 unspecified atom stereocenters. The van der Waals surface area contributed by atoms with E-state index in [1.54, 1.807) is 52.0 Å². The SMILES string of the molecule is C.CCO.CCOC(=N)c1ccc(C)c([N+](=O)[O-])c1.Cc1ccc(C#N)cc1[N+](=O)[O-].Cl. The fraction of sp³-hybridized carbons (Fsp3) is 0.333. The first kappa shape index (κ1) is 33.1. The van der Waals surface area contributed by atoms with Gasteiger partial charge in [-0.1, -0.05) is 19.6 Å². The molecule has 0 radical (unpaired) electrons. The number of halogens is 1. The summed E-state index contributed by atoms with van der Waals surface area (Å²) in [7, 11) is 0. The Morgan fingerprint density at radius 1 is 1.06 bits per heavy atom. The van der Waals surface area contributed by atoms with E-state index < -0.39 is 9.85 Å². The molecule has 10 nitrogen and oxygen atoms in total. The molecule has 2 rings (SSSR count). The largest absolute Gasteiger partial charge is 0.478 e. The van der Waals surface area contributed by atoms with Crippen molar-refractivity contribution < 1.29 is 19.7 Å². The number of benzene rings is 2. The summed E-state index contributed by atoms with van der Waals surface area (Å²) in [6.45, 7) is 7.36. The first-order valence-corrected chi connectivity index (χ1v) is 8.85. The van der Waals surface area contributed by atoms with E-state index in [4.69, 9.17) is 20.5 Å². The Kier molecular flexibility index (Phi) is 17.8. The number of aliphatic hydroxyl groups is 1. The fourth-order valence-corrected chi connectivity index (χ4v) is 2.05. The van der Waals surface area contributed by atoms with Crippen LogP contribution in [0.25, 0.3) is 0 Å². The van der Waals surface area contributed by atoms with Crippen LogP contribution in [0.4, 0.5) is 11.4 Å². The lowest BCUT2D eigenvalue weighted by Gasteiger charge is -2.05. The second-order valence-corrected chi connectivity index (χ2v) is 5.71. The van der Waals surface area contributed by atoms with Gasteiger partial charge in [0.15, 0.2) is 0 Å². The van der Waals surface area contributed by atoms with Crippen LogP contribution in [-0.4, -0.2) is 34.1 Å². The van der Waals surface area contributed by atoms with E-state index in [1.165, 1.54) is 12.1 Å². The molecule has 0 saturated heterocycles. The number of aliphatic hydroxyl groups excluding tert-OH is 1. The summed E-state index contributed by atoms with van der Waals surface area (Å²) in [6.07, 6.45) is 0. The molecule has 2 N–H and O–H groups in total. The number of hydrogen-bond acceptors (Lipinski definition) is 8. The minimum Gasteiger partial charge on any atom is -0.478 e. The van der Waals surface area contributed by atoms with Gasteiger partial charge >= 0.3 is 0 Å². The van der Waals surface area contributed by atoms with Gasteiger partial charge in [0.2, 0.25) is 5.90 Å². The van der Waals surface area contributed by atoms with Gasteiger partial charge in [0.05, 0.1) is 28.1 Å². The molecule has 176 valence electrons. The normalized spacial score (nSPS) is 8.50. The molecule has 0 bridgehead atoms. The van der Waals surface area contributed by atoms with Crippen LogP contribution in [0.15, 0.2) is 36.4 Å². The van der Waals surface area contributed by atoms with Crippen LogP contribution >= 0.6 is 12.4 Å². The average Bonchev–Trinajstić information content (AvgIpc) is 2.69. The van der Waals surface area contributed by atoms with Gasteiger partial charge in [-0.15, -0.1) is 12.4 Å². The Morgan fingerprint density at radius 3 is 1.91 bits per heavy atom. The van der Waals surface area contributed by atoms with E-state index >= 15 is 0 Å². The van der Waals surface area contributed by atoms with Crippen LogP contribution in [0.2, 0.25) is 0 Å². The second-order valence-electron chi connectivity index (χ2n) is 5.71. The topological polar surface area (TPSA) is 163 Å². The van der Waals surface area contributed by atoms with Gasteiger partial charge in [-0.2, -0.15) is 5.26 Å². The van der Waals surface area contributed by atoms with Gasteiger partial charge < -0.3 is 9.84 Å². The zero-order valence-corrected chi connectivity index (χ0v) is 18.4. The van der Waals surface area contributed by atoms with Crippen molar-refractivity contribution in [1.82, 2.24) is 0 Å². The first-order chi connectivity index (χ1) is 14.1. The molecule has 0 saturated carbocycles. The Labute approximate surface area is 193 Å². The molecule has 0 fully saturated rings. The molecule has 11 heteroatoms. The lowest BCUT2D eigenvalue weighted by atomic mass is 10.1. The number of hydrogen-bond donors (Lipinski definition) is 2. The third-order valence-electron chi connectivity index (χ3n) is 3.49. The minimum atomic E-state index is -0.490. The predicted molar refractivity (Wildman–Crippen MR) is 126 cm³/mol. The molecule has 0 amide bonds. The summed E-state index contributed by atoms with van der Waals surface area (Å²) in [4.78, 5) is 20.1. The fourth-order valence-electron chi connectivity index (χ4n) is 2.05.